The average molecular weight is 490 g/mol. The lowest BCUT2D eigenvalue weighted by atomic mass is 10.1. The van der Waals surface area contributed by atoms with Crippen molar-refractivity contribution in [2.45, 2.75) is 77.0 Å². The molecule has 0 aliphatic rings. The molecule has 0 radical (unpaired) electrons. The molecule has 0 atom stereocenters. The molecule has 0 aliphatic carbocycles. The van der Waals surface area contributed by atoms with Gasteiger partial charge in [-0.2, -0.15) is 0 Å². The maximum Gasteiger partial charge on any atom is 0.303 e. The predicted octanol–water partition coefficient (Wildman–Crippen LogP) is 7.75. The fraction of sp³-hybridized carbons (Fsp3) is 0.406. The molecule has 0 fully saturated rings. The van der Waals surface area contributed by atoms with Crippen molar-refractivity contribution in [1.29, 1.82) is 0 Å². The third-order valence-electron chi connectivity index (χ3n) is 6.98. The molecule has 0 heterocycles. The SMILES string of the molecule is O=C(O)CCCCCCCCCCCCC[P+](c1ccccc1)(c1ccccc1)c1ccccc1. The number of unbranched alkanes of at least 4 members (excludes halogenated alkanes) is 10. The molecule has 3 heteroatoms. The van der Waals surface area contributed by atoms with Crippen molar-refractivity contribution in [2.75, 3.05) is 6.16 Å². The van der Waals surface area contributed by atoms with E-state index in [9.17, 15) is 4.79 Å². The van der Waals surface area contributed by atoms with E-state index in [1.54, 1.807) is 0 Å². The first-order valence-electron chi connectivity index (χ1n) is 13.5. The van der Waals surface area contributed by atoms with Crippen LogP contribution in [-0.2, 0) is 4.79 Å². The van der Waals surface area contributed by atoms with E-state index in [2.05, 4.69) is 91.0 Å². The normalized spacial score (nSPS) is 11.4. The summed E-state index contributed by atoms with van der Waals surface area (Å²) in [7, 11) is -1.68. The van der Waals surface area contributed by atoms with Crippen molar-refractivity contribution in [2.24, 2.45) is 0 Å². The Morgan fingerprint density at radius 2 is 0.800 bits per heavy atom. The fourth-order valence-corrected chi connectivity index (χ4v) is 9.51. The summed E-state index contributed by atoms with van der Waals surface area (Å²) >= 11 is 0. The Labute approximate surface area is 213 Å². The largest absolute Gasteiger partial charge is 0.481 e. The summed E-state index contributed by atoms with van der Waals surface area (Å²) in [4.78, 5) is 10.6. The number of carboxylic acid groups (broad SMARTS) is 1. The molecule has 0 aromatic heterocycles. The van der Waals surface area contributed by atoms with Crippen molar-refractivity contribution in [3.05, 3.63) is 91.0 Å². The third-order valence-corrected chi connectivity index (χ3v) is 11.5. The maximum atomic E-state index is 10.6. The summed E-state index contributed by atoms with van der Waals surface area (Å²) in [5.41, 5.74) is 0. The Hall–Kier alpha value is -2.44. The molecule has 0 saturated heterocycles. The highest BCUT2D eigenvalue weighted by molar-refractivity contribution is 7.95. The van der Waals surface area contributed by atoms with Crippen LogP contribution in [0.4, 0.5) is 0 Å². The van der Waals surface area contributed by atoms with Gasteiger partial charge in [-0.15, -0.1) is 0 Å². The van der Waals surface area contributed by atoms with Gasteiger partial charge in [0, 0.05) is 6.42 Å². The lowest BCUT2D eigenvalue weighted by Crippen LogP contribution is -2.33. The second-order valence-corrected chi connectivity index (χ2v) is 13.2. The van der Waals surface area contributed by atoms with Gasteiger partial charge in [0.2, 0.25) is 0 Å². The van der Waals surface area contributed by atoms with Gasteiger partial charge in [-0.25, -0.2) is 0 Å². The first-order chi connectivity index (χ1) is 17.2. The molecule has 3 aromatic carbocycles. The quantitative estimate of drug-likeness (QED) is 0.155. The van der Waals surface area contributed by atoms with Crippen molar-refractivity contribution in [3.63, 3.8) is 0 Å². The lowest BCUT2D eigenvalue weighted by molar-refractivity contribution is -0.137. The lowest BCUT2D eigenvalue weighted by Gasteiger charge is -2.27. The van der Waals surface area contributed by atoms with E-state index in [4.69, 9.17) is 5.11 Å². The van der Waals surface area contributed by atoms with Crippen LogP contribution >= 0.6 is 7.26 Å². The molecule has 3 rings (SSSR count). The summed E-state index contributed by atoms with van der Waals surface area (Å²) in [6.45, 7) is 0. The second-order valence-electron chi connectivity index (χ2n) is 9.57. The van der Waals surface area contributed by atoms with Gasteiger partial charge in [-0.05, 0) is 55.7 Å². The Morgan fingerprint density at radius 3 is 1.14 bits per heavy atom. The Balaban J connectivity index is 1.50. The van der Waals surface area contributed by atoms with E-state index in [1.165, 1.54) is 79.9 Å². The van der Waals surface area contributed by atoms with E-state index in [0.717, 1.165) is 12.8 Å². The van der Waals surface area contributed by atoms with Gasteiger partial charge in [0.15, 0.2) is 0 Å². The molecule has 186 valence electrons. The van der Waals surface area contributed by atoms with E-state index in [-0.39, 0.29) is 0 Å². The monoisotopic (exact) mass is 489 g/mol. The van der Waals surface area contributed by atoms with E-state index in [1.807, 2.05) is 0 Å². The highest BCUT2D eigenvalue weighted by atomic mass is 31.2. The van der Waals surface area contributed by atoms with Gasteiger partial charge in [0.05, 0.1) is 6.16 Å². The highest BCUT2D eigenvalue weighted by Gasteiger charge is 2.44. The molecule has 35 heavy (non-hydrogen) atoms. The third kappa shape index (κ3) is 8.62. The minimum atomic E-state index is -1.68. The number of benzene rings is 3. The zero-order chi connectivity index (χ0) is 24.6. The summed E-state index contributed by atoms with van der Waals surface area (Å²) in [6.07, 6.45) is 15.0. The first-order valence-corrected chi connectivity index (χ1v) is 15.5. The number of carbonyl (C=O) groups is 1. The van der Waals surface area contributed by atoms with Crippen molar-refractivity contribution < 1.29 is 9.90 Å². The van der Waals surface area contributed by atoms with Crippen molar-refractivity contribution in [3.8, 4) is 0 Å². The van der Waals surface area contributed by atoms with Crippen LogP contribution in [0.25, 0.3) is 0 Å². The number of hydrogen-bond acceptors (Lipinski definition) is 1. The van der Waals surface area contributed by atoms with Gasteiger partial charge < -0.3 is 5.11 Å². The van der Waals surface area contributed by atoms with Gasteiger partial charge in [0.25, 0.3) is 0 Å². The Kier molecular flexibility index (Phi) is 12.1. The second kappa shape index (κ2) is 15.5. The minimum Gasteiger partial charge on any atom is -0.481 e. The molecule has 0 spiro atoms. The maximum absolute atomic E-state index is 10.6. The fourth-order valence-electron chi connectivity index (χ4n) is 5.10. The average Bonchev–Trinajstić information content (AvgIpc) is 2.90. The van der Waals surface area contributed by atoms with Gasteiger partial charge in [-0.1, -0.05) is 106 Å². The summed E-state index contributed by atoms with van der Waals surface area (Å²) in [6, 6.07) is 33.6. The molecule has 0 aliphatic heterocycles. The highest BCUT2D eigenvalue weighted by Crippen LogP contribution is 2.55. The smallest absolute Gasteiger partial charge is 0.303 e. The molecule has 3 aromatic rings. The van der Waals surface area contributed by atoms with Crippen LogP contribution in [0, 0.1) is 0 Å². The summed E-state index contributed by atoms with van der Waals surface area (Å²) in [5.74, 6) is -0.666. The zero-order valence-electron chi connectivity index (χ0n) is 21.2. The van der Waals surface area contributed by atoms with Crippen LogP contribution in [0.3, 0.4) is 0 Å². The van der Waals surface area contributed by atoms with Crippen LogP contribution in [0.15, 0.2) is 91.0 Å². The van der Waals surface area contributed by atoms with E-state index in [0.29, 0.717) is 6.42 Å². The Morgan fingerprint density at radius 1 is 0.486 bits per heavy atom. The van der Waals surface area contributed by atoms with Crippen LogP contribution in [-0.4, -0.2) is 17.2 Å². The standard InChI is InChI=1S/C32H41O2P/c33-32(34)27-19-8-6-4-2-1-3-5-7-9-20-28-35(29-21-13-10-14-22-29,30-23-15-11-16-24-30)31-25-17-12-18-26-31/h10-18,21-26H,1-9,19-20,27-28H2/p+1. The minimum absolute atomic E-state index is 0.322. The number of rotatable bonds is 17. The molecule has 0 amide bonds. The molecular formula is C32H42O2P+. The van der Waals surface area contributed by atoms with E-state index >= 15 is 0 Å². The van der Waals surface area contributed by atoms with Crippen LogP contribution < -0.4 is 15.9 Å². The number of hydrogen-bond donors (Lipinski definition) is 1. The van der Waals surface area contributed by atoms with Gasteiger partial charge in [0.1, 0.15) is 23.2 Å². The molecule has 2 nitrogen and oxygen atoms in total. The van der Waals surface area contributed by atoms with Crippen LogP contribution in [0.2, 0.25) is 0 Å². The van der Waals surface area contributed by atoms with Crippen molar-refractivity contribution >= 4 is 29.1 Å². The molecule has 0 unspecified atom stereocenters. The molecule has 0 saturated carbocycles. The topological polar surface area (TPSA) is 37.3 Å². The summed E-state index contributed by atoms with van der Waals surface area (Å²) < 4.78 is 0. The molecule has 1 N–H and O–H groups in total. The zero-order valence-corrected chi connectivity index (χ0v) is 22.0. The number of carboxylic acids is 1. The van der Waals surface area contributed by atoms with Crippen molar-refractivity contribution in [1.82, 2.24) is 0 Å². The van der Waals surface area contributed by atoms with E-state index < -0.39 is 13.2 Å². The summed E-state index contributed by atoms with van der Waals surface area (Å²) in [5, 5.41) is 13.2. The Bertz CT molecular complexity index is 860. The van der Waals surface area contributed by atoms with Gasteiger partial charge >= 0.3 is 5.97 Å². The predicted molar refractivity (Wildman–Crippen MR) is 153 cm³/mol. The number of aliphatic carboxylic acids is 1. The first kappa shape index (κ1) is 27.2. The molecular weight excluding hydrogens is 447 g/mol. The van der Waals surface area contributed by atoms with Crippen LogP contribution in [0.5, 0.6) is 0 Å². The molecule has 0 bridgehead atoms. The van der Waals surface area contributed by atoms with Gasteiger partial charge in [-0.3, -0.25) is 4.79 Å². The van der Waals surface area contributed by atoms with Crippen LogP contribution in [0.1, 0.15) is 77.0 Å².